The number of benzene rings is 2. The zero-order valence-electron chi connectivity index (χ0n) is 17.3. The summed E-state index contributed by atoms with van der Waals surface area (Å²) in [7, 11) is 0. The lowest BCUT2D eigenvalue weighted by Crippen LogP contribution is -2.40. The molecule has 1 aliphatic rings. The molecule has 29 heavy (non-hydrogen) atoms. The maximum atomic E-state index is 12.7. The van der Waals surface area contributed by atoms with Crippen molar-refractivity contribution in [2.75, 3.05) is 18.4 Å². The van der Waals surface area contributed by atoms with E-state index >= 15 is 0 Å². The van der Waals surface area contributed by atoms with Gasteiger partial charge in [-0.3, -0.25) is 0 Å². The molecule has 0 bridgehead atoms. The van der Waals surface area contributed by atoms with Crippen molar-refractivity contribution in [2.24, 2.45) is 0 Å². The average Bonchev–Trinajstić information content (AvgIpc) is 3.11. The Balaban J connectivity index is 1.35. The molecule has 1 aliphatic heterocycles. The van der Waals surface area contributed by atoms with Gasteiger partial charge in [-0.1, -0.05) is 44.5 Å². The van der Waals surface area contributed by atoms with Gasteiger partial charge in [-0.2, -0.15) is 0 Å². The zero-order valence-corrected chi connectivity index (χ0v) is 18.0. The number of piperidine rings is 1. The van der Waals surface area contributed by atoms with E-state index in [4.69, 9.17) is 11.6 Å². The number of halogens is 1. The van der Waals surface area contributed by atoms with E-state index in [0.717, 1.165) is 47.5 Å². The molecule has 0 radical (unpaired) electrons. The summed E-state index contributed by atoms with van der Waals surface area (Å²) in [5.74, 6) is 0.441. The van der Waals surface area contributed by atoms with Crippen molar-refractivity contribution in [3.63, 3.8) is 0 Å². The van der Waals surface area contributed by atoms with Crippen molar-refractivity contribution in [3.8, 4) is 0 Å². The molecule has 2 amide bonds. The highest BCUT2D eigenvalue weighted by molar-refractivity contribution is 6.31. The number of nitrogens with zero attached hydrogens (tertiary/aromatic N) is 1. The van der Waals surface area contributed by atoms with Gasteiger partial charge in [-0.05, 0) is 60.2 Å². The normalized spacial score (nSPS) is 15.7. The maximum Gasteiger partial charge on any atom is 0.321 e. The number of nitrogens with one attached hydrogen (secondary N) is 2. The third kappa shape index (κ3) is 4.43. The number of likely N-dealkylation sites (tertiary alicyclic amines) is 1. The Morgan fingerprint density at radius 2 is 1.76 bits per heavy atom. The largest absolute Gasteiger partial charge is 0.358 e. The van der Waals surface area contributed by atoms with Gasteiger partial charge in [0.2, 0.25) is 0 Å². The first-order chi connectivity index (χ1) is 13.8. The van der Waals surface area contributed by atoms with Gasteiger partial charge in [0, 0.05) is 46.3 Å². The minimum atomic E-state index is -0.0182. The van der Waals surface area contributed by atoms with Gasteiger partial charge < -0.3 is 15.2 Å². The minimum Gasteiger partial charge on any atom is -0.358 e. The molecule has 2 aromatic carbocycles. The van der Waals surface area contributed by atoms with Crippen molar-refractivity contribution in [3.05, 3.63) is 64.8 Å². The van der Waals surface area contributed by atoms with Gasteiger partial charge in [0.25, 0.3) is 0 Å². The van der Waals surface area contributed by atoms with Gasteiger partial charge in [0.05, 0.1) is 0 Å². The smallest absolute Gasteiger partial charge is 0.321 e. The molecule has 4 nitrogen and oxygen atoms in total. The van der Waals surface area contributed by atoms with Gasteiger partial charge in [-0.25, -0.2) is 4.79 Å². The second-order valence-electron chi connectivity index (χ2n) is 8.98. The Labute approximate surface area is 177 Å². The summed E-state index contributed by atoms with van der Waals surface area (Å²) < 4.78 is 0. The molecule has 5 heteroatoms. The number of aromatic nitrogens is 1. The highest BCUT2D eigenvalue weighted by atomic mass is 35.5. The van der Waals surface area contributed by atoms with Crippen LogP contribution < -0.4 is 5.32 Å². The molecule has 3 aromatic rings. The summed E-state index contributed by atoms with van der Waals surface area (Å²) in [4.78, 5) is 18.1. The van der Waals surface area contributed by atoms with Crippen LogP contribution in [-0.2, 0) is 5.41 Å². The Bertz CT molecular complexity index is 1010. The van der Waals surface area contributed by atoms with E-state index in [1.165, 1.54) is 11.3 Å². The van der Waals surface area contributed by atoms with Crippen LogP contribution in [0.4, 0.5) is 10.5 Å². The summed E-state index contributed by atoms with van der Waals surface area (Å²) >= 11 is 6.10. The van der Waals surface area contributed by atoms with E-state index in [1.807, 2.05) is 35.2 Å². The van der Waals surface area contributed by atoms with Crippen LogP contribution in [0.2, 0.25) is 5.02 Å². The fraction of sp³-hybridized carbons (Fsp3) is 0.375. The third-order valence-corrected chi connectivity index (χ3v) is 6.06. The number of hydrogen-bond acceptors (Lipinski definition) is 1. The predicted octanol–water partition coefficient (Wildman–Crippen LogP) is 6.53. The monoisotopic (exact) mass is 409 g/mol. The standard InChI is InChI=1S/C24H28ClN3O/c1-24(2,3)18-4-7-20(8-5-18)26-23(29)28-12-10-16(11-13-28)22-15-17-14-19(25)6-9-21(17)27-22/h4-9,14-16,27H,10-13H2,1-3H3,(H,26,29). The molecule has 2 heterocycles. The number of rotatable bonds is 2. The van der Waals surface area contributed by atoms with Crippen LogP contribution in [0.25, 0.3) is 10.9 Å². The molecule has 1 fully saturated rings. The second-order valence-corrected chi connectivity index (χ2v) is 9.41. The molecule has 2 N–H and O–H groups in total. The van der Waals surface area contributed by atoms with Crippen LogP contribution >= 0.6 is 11.6 Å². The van der Waals surface area contributed by atoms with Crippen LogP contribution in [0.3, 0.4) is 0 Å². The molecule has 1 saturated heterocycles. The Kier molecular flexibility index (Phi) is 5.30. The summed E-state index contributed by atoms with van der Waals surface area (Å²) in [6.07, 6.45) is 1.91. The van der Waals surface area contributed by atoms with Crippen molar-refractivity contribution in [1.29, 1.82) is 0 Å². The number of carbonyl (C=O) groups excluding carboxylic acids is 1. The van der Waals surface area contributed by atoms with E-state index < -0.39 is 0 Å². The van der Waals surface area contributed by atoms with Crippen LogP contribution in [-0.4, -0.2) is 29.0 Å². The van der Waals surface area contributed by atoms with Crippen LogP contribution in [0.15, 0.2) is 48.5 Å². The molecule has 0 unspecified atom stereocenters. The number of aromatic amines is 1. The van der Waals surface area contributed by atoms with Crippen molar-refractivity contribution >= 4 is 34.2 Å². The van der Waals surface area contributed by atoms with E-state index in [0.29, 0.717) is 5.92 Å². The Morgan fingerprint density at radius 3 is 2.41 bits per heavy atom. The first kappa shape index (κ1) is 19.8. The SMILES string of the molecule is CC(C)(C)c1ccc(NC(=O)N2CCC(c3cc4cc(Cl)ccc4[nH]3)CC2)cc1. The lowest BCUT2D eigenvalue weighted by atomic mass is 9.87. The highest BCUT2D eigenvalue weighted by Crippen LogP contribution is 2.31. The lowest BCUT2D eigenvalue weighted by Gasteiger charge is -2.31. The minimum absolute atomic E-state index is 0.0182. The molecule has 1 aromatic heterocycles. The summed E-state index contributed by atoms with van der Waals surface area (Å²) in [5, 5.41) is 4.94. The number of anilines is 1. The van der Waals surface area contributed by atoms with Crippen molar-refractivity contribution in [2.45, 2.75) is 44.9 Å². The second kappa shape index (κ2) is 7.75. The van der Waals surface area contributed by atoms with Gasteiger partial charge in [0.1, 0.15) is 0 Å². The zero-order chi connectivity index (χ0) is 20.6. The van der Waals surface area contributed by atoms with E-state index in [1.54, 1.807) is 0 Å². The number of hydrogen-bond donors (Lipinski definition) is 2. The number of urea groups is 1. The fourth-order valence-corrected chi connectivity index (χ4v) is 4.18. The first-order valence-electron chi connectivity index (χ1n) is 10.2. The van der Waals surface area contributed by atoms with Crippen molar-refractivity contribution < 1.29 is 4.79 Å². The number of carbonyl (C=O) groups is 1. The van der Waals surface area contributed by atoms with Crippen LogP contribution in [0.1, 0.15) is 50.8 Å². The molecule has 152 valence electrons. The van der Waals surface area contributed by atoms with Crippen LogP contribution in [0, 0.1) is 0 Å². The molecule has 4 rings (SSSR count). The summed E-state index contributed by atoms with van der Waals surface area (Å²) in [5.41, 5.74) is 4.56. The Morgan fingerprint density at radius 1 is 1.07 bits per heavy atom. The number of H-pyrrole nitrogens is 1. The van der Waals surface area contributed by atoms with E-state index in [2.05, 4.69) is 49.3 Å². The molecule has 0 spiro atoms. The summed E-state index contributed by atoms with van der Waals surface area (Å²) in [6, 6.07) is 16.2. The lowest BCUT2D eigenvalue weighted by molar-refractivity contribution is 0.194. The van der Waals surface area contributed by atoms with Crippen LogP contribution in [0.5, 0.6) is 0 Å². The first-order valence-corrected chi connectivity index (χ1v) is 10.6. The quantitative estimate of drug-likeness (QED) is 0.496. The fourth-order valence-electron chi connectivity index (χ4n) is 4.00. The summed E-state index contributed by atoms with van der Waals surface area (Å²) in [6.45, 7) is 8.07. The van der Waals surface area contributed by atoms with Gasteiger partial charge in [0.15, 0.2) is 0 Å². The topological polar surface area (TPSA) is 48.1 Å². The van der Waals surface area contributed by atoms with Crippen molar-refractivity contribution in [1.82, 2.24) is 9.88 Å². The molecule has 0 saturated carbocycles. The molecular weight excluding hydrogens is 382 g/mol. The highest BCUT2D eigenvalue weighted by Gasteiger charge is 2.25. The average molecular weight is 410 g/mol. The Hall–Kier alpha value is -2.46. The third-order valence-electron chi connectivity index (χ3n) is 5.83. The van der Waals surface area contributed by atoms with E-state index in [-0.39, 0.29) is 11.4 Å². The molecule has 0 atom stereocenters. The van der Waals surface area contributed by atoms with E-state index in [9.17, 15) is 4.79 Å². The maximum absolute atomic E-state index is 12.7. The van der Waals surface area contributed by atoms with Gasteiger partial charge >= 0.3 is 6.03 Å². The molecular formula is C24H28ClN3O. The number of amides is 2. The molecule has 0 aliphatic carbocycles. The number of fused-ring (bicyclic) bond motifs is 1. The predicted molar refractivity (Wildman–Crippen MR) is 121 cm³/mol. The van der Waals surface area contributed by atoms with Gasteiger partial charge in [-0.15, -0.1) is 0 Å².